The summed E-state index contributed by atoms with van der Waals surface area (Å²) in [5.41, 5.74) is 1.80. The van der Waals surface area contributed by atoms with Crippen LogP contribution in [0.1, 0.15) is 32.3 Å². The minimum Gasteiger partial charge on any atom is -0.486 e. The molecule has 19 heavy (non-hydrogen) atoms. The monoisotopic (exact) mass is 263 g/mol. The molecule has 1 aliphatic rings. The highest BCUT2D eigenvalue weighted by Gasteiger charge is 2.18. The van der Waals surface area contributed by atoms with Gasteiger partial charge in [0.1, 0.15) is 13.2 Å². The second kappa shape index (κ2) is 5.95. The van der Waals surface area contributed by atoms with Gasteiger partial charge in [0.2, 0.25) is 5.91 Å². The van der Waals surface area contributed by atoms with Crippen molar-refractivity contribution in [1.82, 2.24) is 0 Å². The van der Waals surface area contributed by atoms with E-state index in [4.69, 9.17) is 9.47 Å². The second-order valence-corrected chi connectivity index (χ2v) is 4.81. The molecule has 1 aliphatic heterocycles. The zero-order valence-electron chi connectivity index (χ0n) is 11.8. The summed E-state index contributed by atoms with van der Waals surface area (Å²) in [5, 5.41) is 2.99. The van der Waals surface area contributed by atoms with Crippen LogP contribution >= 0.6 is 0 Å². The van der Waals surface area contributed by atoms with Crippen LogP contribution in [0.25, 0.3) is 0 Å². The van der Waals surface area contributed by atoms with Gasteiger partial charge in [0.25, 0.3) is 0 Å². The summed E-state index contributed by atoms with van der Waals surface area (Å²) in [7, 11) is 0. The molecule has 0 radical (unpaired) electrons. The fourth-order valence-corrected chi connectivity index (χ4v) is 2.22. The van der Waals surface area contributed by atoms with Gasteiger partial charge in [-0.25, -0.2) is 0 Å². The van der Waals surface area contributed by atoms with Gasteiger partial charge in [-0.05, 0) is 31.4 Å². The van der Waals surface area contributed by atoms with E-state index in [0.29, 0.717) is 19.0 Å². The van der Waals surface area contributed by atoms with Crippen molar-refractivity contribution >= 4 is 11.6 Å². The Hall–Kier alpha value is -1.71. The minimum absolute atomic E-state index is 0.0626. The third-order valence-corrected chi connectivity index (χ3v) is 3.50. The Labute approximate surface area is 114 Å². The van der Waals surface area contributed by atoms with Crippen molar-refractivity contribution in [2.45, 2.75) is 33.6 Å². The van der Waals surface area contributed by atoms with Crippen LogP contribution in [0.15, 0.2) is 12.1 Å². The van der Waals surface area contributed by atoms with Gasteiger partial charge >= 0.3 is 0 Å². The van der Waals surface area contributed by atoms with E-state index in [1.54, 1.807) is 0 Å². The molecular weight excluding hydrogens is 242 g/mol. The molecule has 0 saturated heterocycles. The van der Waals surface area contributed by atoms with Crippen molar-refractivity contribution in [3.8, 4) is 11.5 Å². The third kappa shape index (κ3) is 3.00. The van der Waals surface area contributed by atoms with Crippen LogP contribution in [-0.2, 0) is 4.79 Å². The number of fused-ring (bicyclic) bond motifs is 1. The van der Waals surface area contributed by atoms with E-state index >= 15 is 0 Å². The smallest absolute Gasteiger partial charge is 0.227 e. The van der Waals surface area contributed by atoms with Crippen molar-refractivity contribution < 1.29 is 14.3 Å². The molecule has 0 aliphatic carbocycles. The van der Waals surface area contributed by atoms with Crippen molar-refractivity contribution in [1.29, 1.82) is 0 Å². The maximum atomic E-state index is 12.1. The molecule has 0 saturated carbocycles. The molecule has 4 heteroatoms. The lowest BCUT2D eigenvalue weighted by Gasteiger charge is -2.21. The Morgan fingerprint density at radius 2 is 1.79 bits per heavy atom. The van der Waals surface area contributed by atoms with E-state index in [1.807, 2.05) is 32.9 Å². The van der Waals surface area contributed by atoms with Gasteiger partial charge in [-0.15, -0.1) is 0 Å². The molecule has 0 unspecified atom stereocenters. The Balaban J connectivity index is 2.18. The van der Waals surface area contributed by atoms with Crippen molar-refractivity contribution in [3.05, 3.63) is 17.7 Å². The highest BCUT2D eigenvalue weighted by molar-refractivity contribution is 5.93. The molecule has 1 aromatic carbocycles. The van der Waals surface area contributed by atoms with Crippen molar-refractivity contribution in [2.24, 2.45) is 5.92 Å². The van der Waals surface area contributed by atoms with Gasteiger partial charge in [0.05, 0.1) is 0 Å². The first-order valence-electron chi connectivity index (χ1n) is 6.86. The molecule has 0 fully saturated rings. The van der Waals surface area contributed by atoms with Gasteiger partial charge in [0, 0.05) is 17.7 Å². The Morgan fingerprint density at radius 3 is 2.37 bits per heavy atom. The van der Waals surface area contributed by atoms with E-state index in [9.17, 15) is 4.79 Å². The average Bonchev–Trinajstić information content (AvgIpc) is 2.41. The summed E-state index contributed by atoms with van der Waals surface area (Å²) < 4.78 is 11.1. The van der Waals surface area contributed by atoms with Gasteiger partial charge in [0.15, 0.2) is 11.5 Å². The molecule has 1 heterocycles. The summed E-state index contributed by atoms with van der Waals surface area (Å²) in [4.78, 5) is 12.1. The lowest BCUT2D eigenvalue weighted by atomic mass is 10.0. The Bertz CT molecular complexity index is 467. The summed E-state index contributed by atoms with van der Waals surface area (Å²) >= 11 is 0. The second-order valence-electron chi connectivity index (χ2n) is 4.81. The lowest BCUT2D eigenvalue weighted by Crippen LogP contribution is -2.22. The summed E-state index contributed by atoms with van der Waals surface area (Å²) in [6.45, 7) is 7.15. The molecule has 1 N–H and O–H groups in total. The van der Waals surface area contributed by atoms with Crippen molar-refractivity contribution in [3.63, 3.8) is 0 Å². The maximum absolute atomic E-state index is 12.1. The van der Waals surface area contributed by atoms with Crippen LogP contribution in [0.5, 0.6) is 11.5 Å². The number of amides is 1. The number of nitrogens with one attached hydrogen (secondary N) is 1. The molecule has 0 aromatic heterocycles. The standard InChI is InChI=1S/C15H21NO3/c1-4-11(5-2)15(17)16-12-9-14-13(8-10(12)3)18-6-7-19-14/h8-9,11H,4-7H2,1-3H3,(H,16,17). The SMILES string of the molecule is CCC(CC)C(=O)Nc1cc2c(cc1C)OCCO2. The number of anilines is 1. The number of hydrogen-bond acceptors (Lipinski definition) is 3. The predicted octanol–water partition coefficient (Wildman–Crippen LogP) is 3.14. The van der Waals surface area contributed by atoms with E-state index in [1.165, 1.54) is 0 Å². The topological polar surface area (TPSA) is 47.6 Å². The molecule has 0 atom stereocenters. The summed E-state index contributed by atoms with van der Waals surface area (Å²) in [5.74, 6) is 1.60. The zero-order chi connectivity index (χ0) is 13.8. The normalized spacial score (nSPS) is 13.5. The van der Waals surface area contributed by atoms with Crippen LogP contribution in [0.3, 0.4) is 0 Å². The highest BCUT2D eigenvalue weighted by Crippen LogP contribution is 2.35. The molecule has 0 bridgehead atoms. The molecule has 1 amide bonds. The average molecular weight is 263 g/mol. The summed E-state index contributed by atoms with van der Waals surface area (Å²) in [6.07, 6.45) is 1.71. The number of benzene rings is 1. The number of aryl methyl sites for hydroxylation is 1. The molecular formula is C15H21NO3. The van der Waals surface area contributed by atoms with Crippen LogP contribution < -0.4 is 14.8 Å². The van der Waals surface area contributed by atoms with Gasteiger partial charge in [-0.2, -0.15) is 0 Å². The number of carbonyl (C=O) groups excluding carboxylic acids is 1. The fraction of sp³-hybridized carbons (Fsp3) is 0.533. The first kappa shape index (κ1) is 13.7. The third-order valence-electron chi connectivity index (χ3n) is 3.50. The Kier molecular flexibility index (Phi) is 4.30. The zero-order valence-corrected chi connectivity index (χ0v) is 11.8. The maximum Gasteiger partial charge on any atom is 0.227 e. The molecule has 0 spiro atoms. The first-order valence-corrected chi connectivity index (χ1v) is 6.86. The highest BCUT2D eigenvalue weighted by atomic mass is 16.6. The minimum atomic E-state index is 0.0626. The predicted molar refractivity (Wildman–Crippen MR) is 74.9 cm³/mol. The summed E-state index contributed by atoms with van der Waals surface area (Å²) in [6, 6.07) is 3.76. The van der Waals surface area contributed by atoms with E-state index in [0.717, 1.165) is 29.8 Å². The van der Waals surface area contributed by atoms with E-state index in [2.05, 4.69) is 5.32 Å². The number of carbonyl (C=O) groups is 1. The Morgan fingerprint density at radius 1 is 1.21 bits per heavy atom. The van der Waals surface area contributed by atoms with Gasteiger partial charge < -0.3 is 14.8 Å². The molecule has 4 nitrogen and oxygen atoms in total. The van der Waals surface area contributed by atoms with E-state index < -0.39 is 0 Å². The van der Waals surface area contributed by atoms with E-state index in [-0.39, 0.29) is 11.8 Å². The van der Waals surface area contributed by atoms with Crippen LogP contribution in [0.4, 0.5) is 5.69 Å². The lowest BCUT2D eigenvalue weighted by molar-refractivity contribution is -0.120. The van der Waals surface area contributed by atoms with Crippen LogP contribution in [0.2, 0.25) is 0 Å². The number of hydrogen-bond donors (Lipinski definition) is 1. The quantitative estimate of drug-likeness (QED) is 0.907. The number of ether oxygens (including phenoxy) is 2. The van der Waals surface area contributed by atoms with Gasteiger partial charge in [-0.1, -0.05) is 13.8 Å². The molecule has 1 aromatic rings. The van der Waals surface area contributed by atoms with Gasteiger partial charge in [-0.3, -0.25) is 4.79 Å². The fourth-order valence-electron chi connectivity index (χ4n) is 2.22. The van der Waals surface area contributed by atoms with Crippen LogP contribution in [-0.4, -0.2) is 19.1 Å². The molecule has 2 rings (SSSR count). The van der Waals surface area contributed by atoms with Crippen LogP contribution in [0, 0.1) is 12.8 Å². The first-order chi connectivity index (χ1) is 9.15. The number of rotatable bonds is 4. The largest absolute Gasteiger partial charge is 0.486 e. The van der Waals surface area contributed by atoms with Crippen molar-refractivity contribution in [2.75, 3.05) is 18.5 Å². The molecule has 104 valence electrons.